The van der Waals surface area contributed by atoms with E-state index in [9.17, 15) is 0 Å². The number of ether oxygens (including phenoxy) is 1. The molecule has 2 aromatic carbocycles. The van der Waals surface area contributed by atoms with E-state index >= 15 is 0 Å². The molecule has 2 heteroatoms. The Labute approximate surface area is 114 Å². The molecule has 0 aliphatic heterocycles. The lowest BCUT2D eigenvalue weighted by Crippen LogP contribution is -2.27. The van der Waals surface area contributed by atoms with Gasteiger partial charge in [-0.3, -0.25) is 0 Å². The van der Waals surface area contributed by atoms with Crippen molar-refractivity contribution in [2.75, 3.05) is 6.54 Å². The summed E-state index contributed by atoms with van der Waals surface area (Å²) in [6.07, 6.45) is 5.02. The molecule has 1 aliphatic rings. The highest BCUT2D eigenvalue weighted by molar-refractivity contribution is 5.88. The van der Waals surface area contributed by atoms with Gasteiger partial charge in [-0.1, -0.05) is 36.4 Å². The Bertz CT molecular complexity index is 538. The fraction of sp³-hybridized carbons (Fsp3) is 0.412. The van der Waals surface area contributed by atoms with Crippen LogP contribution in [0, 0.1) is 5.92 Å². The molecule has 0 bridgehead atoms. The maximum Gasteiger partial charge on any atom is 0.127 e. The van der Waals surface area contributed by atoms with Gasteiger partial charge in [0.2, 0.25) is 0 Å². The minimum absolute atomic E-state index is 0.355. The van der Waals surface area contributed by atoms with Crippen molar-refractivity contribution in [1.82, 2.24) is 0 Å². The van der Waals surface area contributed by atoms with Gasteiger partial charge in [0, 0.05) is 5.39 Å². The van der Waals surface area contributed by atoms with Gasteiger partial charge < -0.3 is 10.5 Å². The van der Waals surface area contributed by atoms with E-state index in [0.29, 0.717) is 12.0 Å². The van der Waals surface area contributed by atoms with Crippen molar-refractivity contribution >= 4 is 10.8 Å². The maximum absolute atomic E-state index is 6.22. The molecule has 0 unspecified atom stereocenters. The van der Waals surface area contributed by atoms with Crippen molar-refractivity contribution in [2.24, 2.45) is 11.7 Å². The van der Waals surface area contributed by atoms with E-state index in [2.05, 4.69) is 42.5 Å². The van der Waals surface area contributed by atoms with E-state index in [4.69, 9.17) is 10.5 Å². The zero-order chi connectivity index (χ0) is 13.1. The molecule has 1 aliphatic carbocycles. The smallest absolute Gasteiger partial charge is 0.127 e. The standard InChI is InChI=1S/C17H21NO/c18-12-13-8-10-15(11-9-13)19-17-7-3-5-14-4-1-2-6-16(14)17/h1-7,13,15H,8-12,18H2. The number of fused-ring (bicyclic) bond motifs is 1. The van der Waals surface area contributed by atoms with Crippen LogP contribution in [0.3, 0.4) is 0 Å². The summed E-state index contributed by atoms with van der Waals surface area (Å²) in [5, 5.41) is 2.46. The number of hydrogen-bond acceptors (Lipinski definition) is 2. The SMILES string of the molecule is NCC1CCC(Oc2cccc3ccccc23)CC1. The highest BCUT2D eigenvalue weighted by Crippen LogP contribution is 2.31. The Morgan fingerprint density at radius 1 is 0.947 bits per heavy atom. The van der Waals surface area contributed by atoms with Crippen LogP contribution in [0.25, 0.3) is 10.8 Å². The normalized spacial score (nSPS) is 23.4. The van der Waals surface area contributed by atoms with Crippen LogP contribution in [0.1, 0.15) is 25.7 Å². The molecule has 100 valence electrons. The molecule has 0 atom stereocenters. The summed E-state index contributed by atoms with van der Waals surface area (Å²) < 4.78 is 6.22. The fourth-order valence-corrected chi connectivity index (χ4v) is 2.96. The molecule has 2 nitrogen and oxygen atoms in total. The van der Waals surface area contributed by atoms with Crippen molar-refractivity contribution in [2.45, 2.75) is 31.8 Å². The molecule has 1 saturated carbocycles. The molecule has 0 amide bonds. The van der Waals surface area contributed by atoms with Gasteiger partial charge in [0.25, 0.3) is 0 Å². The first-order chi connectivity index (χ1) is 9.36. The predicted octanol–water partition coefficient (Wildman–Crippen LogP) is 3.74. The highest BCUT2D eigenvalue weighted by Gasteiger charge is 2.21. The molecule has 2 aromatic rings. The van der Waals surface area contributed by atoms with E-state index in [1.54, 1.807) is 0 Å². The highest BCUT2D eigenvalue weighted by atomic mass is 16.5. The van der Waals surface area contributed by atoms with Crippen LogP contribution in [-0.4, -0.2) is 12.6 Å². The number of nitrogens with two attached hydrogens (primary N) is 1. The molecule has 0 heterocycles. The molecule has 1 fully saturated rings. The molecule has 3 rings (SSSR count). The maximum atomic E-state index is 6.22. The lowest BCUT2D eigenvalue weighted by atomic mass is 9.87. The summed E-state index contributed by atoms with van der Waals surface area (Å²) in [7, 11) is 0. The van der Waals surface area contributed by atoms with Gasteiger partial charge in [-0.25, -0.2) is 0 Å². The molecule has 19 heavy (non-hydrogen) atoms. The molecular formula is C17H21NO. The van der Waals surface area contributed by atoms with Gasteiger partial charge in [0.15, 0.2) is 0 Å². The molecule has 0 spiro atoms. The lowest BCUT2D eigenvalue weighted by Gasteiger charge is -2.28. The van der Waals surface area contributed by atoms with E-state index < -0.39 is 0 Å². The zero-order valence-corrected chi connectivity index (χ0v) is 11.2. The van der Waals surface area contributed by atoms with Crippen molar-refractivity contribution in [3.63, 3.8) is 0 Å². The Morgan fingerprint density at radius 3 is 2.47 bits per heavy atom. The number of rotatable bonds is 3. The summed E-state index contributed by atoms with van der Waals surface area (Å²) in [4.78, 5) is 0. The third-order valence-corrected chi connectivity index (χ3v) is 4.17. The van der Waals surface area contributed by atoms with Crippen molar-refractivity contribution < 1.29 is 4.74 Å². The van der Waals surface area contributed by atoms with Crippen LogP contribution >= 0.6 is 0 Å². The fourth-order valence-electron chi connectivity index (χ4n) is 2.96. The van der Waals surface area contributed by atoms with Crippen molar-refractivity contribution in [1.29, 1.82) is 0 Å². The first-order valence-electron chi connectivity index (χ1n) is 7.21. The summed E-state index contributed by atoms with van der Waals surface area (Å²) in [6, 6.07) is 14.7. The second kappa shape index (κ2) is 5.62. The largest absolute Gasteiger partial charge is 0.490 e. The van der Waals surface area contributed by atoms with Gasteiger partial charge in [0.1, 0.15) is 5.75 Å². The lowest BCUT2D eigenvalue weighted by molar-refractivity contribution is 0.135. The monoisotopic (exact) mass is 255 g/mol. The van der Waals surface area contributed by atoms with Crippen LogP contribution in [0.2, 0.25) is 0 Å². The summed E-state index contributed by atoms with van der Waals surface area (Å²) in [5.41, 5.74) is 5.73. The van der Waals surface area contributed by atoms with E-state index in [-0.39, 0.29) is 0 Å². The molecule has 0 radical (unpaired) electrons. The van der Waals surface area contributed by atoms with Crippen LogP contribution in [-0.2, 0) is 0 Å². The third kappa shape index (κ3) is 2.74. The van der Waals surface area contributed by atoms with Gasteiger partial charge >= 0.3 is 0 Å². The number of hydrogen-bond donors (Lipinski definition) is 1. The third-order valence-electron chi connectivity index (χ3n) is 4.17. The van der Waals surface area contributed by atoms with Crippen LogP contribution in [0.15, 0.2) is 42.5 Å². The molecule has 0 saturated heterocycles. The quantitative estimate of drug-likeness (QED) is 0.906. The second-order valence-electron chi connectivity index (χ2n) is 5.47. The Morgan fingerprint density at radius 2 is 1.68 bits per heavy atom. The van der Waals surface area contributed by atoms with E-state index in [0.717, 1.165) is 25.1 Å². The van der Waals surface area contributed by atoms with Gasteiger partial charge in [-0.15, -0.1) is 0 Å². The first kappa shape index (κ1) is 12.5. The van der Waals surface area contributed by atoms with Crippen LogP contribution in [0.5, 0.6) is 5.75 Å². The van der Waals surface area contributed by atoms with Crippen molar-refractivity contribution in [3.8, 4) is 5.75 Å². The van der Waals surface area contributed by atoms with Gasteiger partial charge in [-0.2, -0.15) is 0 Å². The summed E-state index contributed by atoms with van der Waals surface area (Å²) in [5.74, 6) is 1.72. The zero-order valence-electron chi connectivity index (χ0n) is 11.2. The Kier molecular flexibility index (Phi) is 3.69. The van der Waals surface area contributed by atoms with Gasteiger partial charge in [0.05, 0.1) is 6.10 Å². The van der Waals surface area contributed by atoms with Crippen molar-refractivity contribution in [3.05, 3.63) is 42.5 Å². The first-order valence-corrected chi connectivity index (χ1v) is 7.21. The number of benzene rings is 2. The Balaban J connectivity index is 1.75. The average molecular weight is 255 g/mol. The predicted molar refractivity (Wildman–Crippen MR) is 79.4 cm³/mol. The average Bonchev–Trinajstić information content (AvgIpc) is 2.48. The summed E-state index contributed by atoms with van der Waals surface area (Å²) in [6.45, 7) is 0.820. The van der Waals surface area contributed by atoms with E-state index in [1.165, 1.54) is 23.6 Å². The minimum atomic E-state index is 0.355. The summed E-state index contributed by atoms with van der Waals surface area (Å²) >= 11 is 0. The van der Waals surface area contributed by atoms with Crippen LogP contribution < -0.4 is 10.5 Å². The molecule has 0 aromatic heterocycles. The molecular weight excluding hydrogens is 234 g/mol. The van der Waals surface area contributed by atoms with E-state index in [1.807, 2.05) is 0 Å². The van der Waals surface area contributed by atoms with Crippen LogP contribution in [0.4, 0.5) is 0 Å². The minimum Gasteiger partial charge on any atom is -0.490 e. The topological polar surface area (TPSA) is 35.2 Å². The second-order valence-corrected chi connectivity index (χ2v) is 5.47. The molecule has 2 N–H and O–H groups in total. The Hall–Kier alpha value is -1.54. The van der Waals surface area contributed by atoms with Gasteiger partial charge in [-0.05, 0) is 49.6 Å².